The number of nitrogens with zero attached hydrogens (tertiary/aromatic N) is 2. The van der Waals surface area contributed by atoms with Crippen LogP contribution in [-0.4, -0.2) is 40.4 Å². The van der Waals surface area contributed by atoms with E-state index in [1.807, 2.05) is 0 Å². The molecule has 1 aromatic heterocycles. The highest BCUT2D eigenvalue weighted by molar-refractivity contribution is 5.56. The van der Waals surface area contributed by atoms with E-state index in [9.17, 15) is 15.2 Å². The zero-order valence-electron chi connectivity index (χ0n) is 10.8. The molecule has 0 spiro atoms. The van der Waals surface area contributed by atoms with Gasteiger partial charge in [-0.3, -0.25) is 10.1 Å². The van der Waals surface area contributed by atoms with Crippen LogP contribution in [0.2, 0.25) is 0 Å². The Kier molecular flexibility index (Phi) is 3.96. The molecule has 2 rings (SSSR count). The normalized spacial score (nSPS) is 18.0. The van der Waals surface area contributed by atoms with Crippen LogP contribution in [0, 0.1) is 17.0 Å². The fourth-order valence-corrected chi connectivity index (χ4v) is 2.01. The standard InChI is InChI=1S/C12H17N3O4/c1-9-6-10(15(17)18)11(13-7-9)14-8-12(16)2-4-19-5-3-12/h6-7,16H,2-5,8H2,1H3,(H,13,14). The van der Waals surface area contributed by atoms with Crippen molar-refractivity contribution < 1.29 is 14.8 Å². The molecule has 104 valence electrons. The smallest absolute Gasteiger partial charge is 0.311 e. The molecular formula is C12H17N3O4. The number of hydrogen-bond donors (Lipinski definition) is 2. The molecule has 7 nitrogen and oxygen atoms in total. The van der Waals surface area contributed by atoms with Gasteiger partial charge in [0, 0.05) is 44.9 Å². The summed E-state index contributed by atoms with van der Waals surface area (Å²) in [7, 11) is 0. The number of ether oxygens (including phenoxy) is 1. The lowest BCUT2D eigenvalue weighted by atomic mass is 9.94. The zero-order valence-corrected chi connectivity index (χ0v) is 10.8. The van der Waals surface area contributed by atoms with Gasteiger partial charge in [0.25, 0.3) is 0 Å². The number of nitrogens with one attached hydrogen (secondary N) is 1. The van der Waals surface area contributed by atoms with Crippen LogP contribution in [0.4, 0.5) is 11.5 Å². The third-order valence-corrected chi connectivity index (χ3v) is 3.21. The Hall–Kier alpha value is -1.73. The van der Waals surface area contributed by atoms with E-state index in [0.717, 1.165) is 5.56 Å². The summed E-state index contributed by atoms with van der Waals surface area (Å²) in [6, 6.07) is 1.46. The van der Waals surface area contributed by atoms with E-state index in [1.54, 1.807) is 13.1 Å². The topological polar surface area (TPSA) is 97.5 Å². The number of aromatic nitrogens is 1. The zero-order chi connectivity index (χ0) is 13.9. The minimum absolute atomic E-state index is 0.0735. The quantitative estimate of drug-likeness (QED) is 0.629. The molecule has 0 aliphatic carbocycles. The first-order valence-corrected chi connectivity index (χ1v) is 6.15. The summed E-state index contributed by atoms with van der Waals surface area (Å²) in [5, 5.41) is 24.1. The highest BCUT2D eigenvalue weighted by atomic mass is 16.6. The van der Waals surface area contributed by atoms with Gasteiger partial charge in [-0.15, -0.1) is 0 Å². The van der Waals surface area contributed by atoms with Crippen molar-refractivity contribution >= 4 is 11.5 Å². The van der Waals surface area contributed by atoms with Gasteiger partial charge in [0.05, 0.1) is 10.5 Å². The summed E-state index contributed by atoms with van der Waals surface area (Å²) in [6.07, 6.45) is 2.59. The lowest BCUT2D eigenvalue weighted by molar-refractivity contribution is -0.384. The second-order valence-electron chi connectivity index (χ2n) is 4.83. The molecule has 19 heavy (non-hydrogen) atoms. The molecule has 2 N–H and O–H groups in total. The molecule has 1 saturated heterocycles. The Morgan fingerprint density at radius 2 is 2.26 bits per heavy atom. The van der Waals surface area contributed by atoms with Crippen LogP contribution in [0.1, 0.15) is 18.4 Å². The minimum atomic E-state index is -0.890. The van der Waals surface area contributed by atoms with Crippen molar-refractivity contribution in [1.29, 1.82) is 0 Å². The molecule has 0 radical (unpaired) electrons. The molecule has 1 fully saturated rings. The fraction of sp³-hybridized carbons (Fsp3) is 0.583. The van der Waals surface area contributed by atoms with Gasteiger partial charge in [0.15, 0.2) is 0 Å². The molecule has 1 aliphatic heterocycles. The maximum atomic E-state index is 10.9. The Labute approximate surface area is 110 Å². The van der Waals surface area contributed by atoms with E-state index >= 15 is 0 Å². The molecule has 1 aliphatic rings. The van der Waals surface area contributed by atoms with Crippen LogP contribution >= 0.6 is 0 Å². The third kappa shape index (κ3) is 3.39. The van der Waals surface area contributed by atoms with E-state index < -0.39 is 10.5 Å². The van der Waals surface area contributed by atoms with Crippen molar-refractivity contribution in [2.75, 3.05) is 25.1 Å². The Morgan fingerprint density at radius 3 is 2.89 bits per heavy atom. The molecule has 0 atom stereocenters. The van der Waals surface area contributed by atoms with Crippen molar-refractivity contribution in [2.24, 2.45) is 0 Å². The average Bonchev–Trinajstić information content (AvgIpc) is 2.38. The fourth-order valence-electron chi connectivity index (χ4n) is 2.01. The molecule has 7 heteroatoms. The van der Waals surface area contributed by atoms with Gasteiger partial charge < -0.3 is 15.2 Å². The number of nitro groups is 1. The molecule has 0 aromatic carbocycles. The first kappa shape index (κ1) is 13.7. The van der Waals surface area contributed by atoms with E-state index in [1.165, 1.54) is 6.07 Å². The van der Waals surface area contributed by atoms with Crippen molar-refractivity contribution in [1.82, 2.24) is 4.98 Å². The predicted octanol–water partition coefficient (Wildman–Crippen LogP) is 1.25. The van der Waals surface area contributed by atoms with Gasteiger partial charge in [0.2, 0.25) is 5.82 Å². The van der Waals surface area contributed by atoms with E-state index in [2.05, 4.69) is 10.3 Å². The van der Waals surface area contributed by atoms with Crippen molar-refractivity contribution in [3.8, 4) is 0 Å². The minimum Gasteiger partial charge on any atom is -0.388 e. The summed E-state index contributed by atoms with van der Waals surface area (Å²) < 4.78 is 5.18. The van der Waals surface area contributed by atoms with E-state index in [4.69, 9.17) is 4.74 Å². The van der Waals surface area contributed by atoms with Gasteiger partial charge in [0.1, 0.15) is 0 Å². The first-order chi connectivity index (χ1) is 9.00. The Balaban J connectivity index is 2.08. The van der Waals surface area contributed by atoms with Crippen LogP contribution in [0.25, 0.3) is 0 Å². The summed E-state index contributed by atoms with van der Waals surface area (Å²) in [4.78, 5) is 14.5. The van der Waals surface area contributed by atoms with Crippen molar-refractivity contribution in [3.63, 3.8) is 0 Å². The van der Waals surface area contributed by atoms with Gasteiger partial charge in [-0.1, -0.05) is 0 Å². The number of rotatable bonds is 4. The second kappa shape index (κ2) is 5.50. The number of anilines is 1. The highest BCUT2D eigenvalue weighted by Gasteiger charge is 2.30. The van der Waals surface area contributed by atoms with Crippen LogP contribution in [0.5, 0.6) is 0 Å². The molecule has 0 bridgehead atoms. The van der Waals surface area contributed by atoms with Gasteiger partial charge in [-0.25, -0.2) is 4.98 Å². The van der Waals surface area contributed by atoms with Crippen molar-refractivity contribution in [2.45, 2.75) is 25.4 Å². The number of pyridine rings is 1. The van der Waals surface area contributed by atoms with Gasteiger partial charge in [-0.05, 0) is 12.5 Å². The summed E-state index contributed by atoms with van der Waals surface area (Å²) in [6.45, 7) is 2.98. The number of hydrogen-bond acceptors (Lipinski definition) is 6. The number of aryl methyl sites for hydroxylation is 1. The van der Waals surface area contributed by atoms with Crippen molar-refractivity contribution in [3.05, 3.63) is 27.9 Å². The summed E-state index contributed by atoms with van der Waals surface area (Å²) >= 11 is 0. The molecular weight excluding hydrogens is 250 g/mol. The molecule has 0 saturated carbocycles. The molecule has 0 unspecified atom stereocenters. The Morgan fingerprint density at radius 1 is 1.58 bits per heavy atom. The molecule has 0 amide bonds. The Bertz CT molecular complexity index is 472. The summed E-state index contributed by atoms with van der Waals surface area (Å²) in [5.74, 6) is 0.190. The molecule has 2 heterocycles. The SMILES string of the molecule is Cc1cnc(NCC2(O)CCOCC2)c([N+](=O)[O-])c1. The van der Waals surface area contributed by atoms with E-state index in [-0.39, 0.29) is 18.1 Å². The highest BCUT2D eigenvalue weighted by Crippen LogP contribution is 2.25. The first-order valence-electron chi connectivity index (χ1n) is 6.15. The van der Waals surface area contributed by atoms with Crippen LogP contribution in [-0.2, 0) is 4.74 Å². The lowest BCUT2D eigenvalue weighted by Crippen LogP contribution is -2.42. The average molecular weight is 267 g/mol. The maximum Gasteiger partial charge on any atom is 0.311 e. The monoisotopic (exact) mass is 267 g/mol. The van der Waals surface area contributed by atoms with Crippen LogP contribution < -0.4 is 5.32 Å². The largest absolute Gasteiger partial charge is 0.388 e. The predicted molar refractivity (Wildman–Crippen MR) is 69.1 cm³/mol. The molecule has 1 aromatic rings. The third-order valence-electron chi connectivity index (χ3n) is 3.21. The maximum absolute atomic E-state index is 10.9. The van der Waals surface area contributed by atoms with Gasteiger partial charge >= 0.3 is 5.69 Å². The van der Waals surface area contributed by atoms with Crippen LogP contribution in [0.15, 0.2) is 12.3 Å². The number of aliphatic hydroxyl groups is 1. The lowest BCUT2D eigenvalue weighted by Gasteiger charge is -2.32. The second-order valence-corrected chi connectivity index (χ2v) is 4.83. The summed E-state index contributed by atoms with van der Waals surface area (Å²) in [5.41, 5.74) is -0.240. The van der Waals surface area contributed by atoms with Gasteiger partial charge in [-0.2, -0.15) is 0 Å². The van der Waals surface area contributed by atoms with Crippen LogP contribution in [0.3, 0.4) is 0 Å². The van der Waals surface area contributed by atoms with E-state index in [0.29, 0.717) is 26.1 Å².